The lowest BCUT2D eigenvalue weighted by Gasteiger charge is -2.27. The number of quaternary nitrogens is 1. The molecule has 398 valence electrons. The molecule has 68 heavy (non-hydrogen) atoms. The number of allylic oxidation sites excluding steroid dienone is 7. The number of carbonyl (C=O) groups excluding carboxylic acids is 2. The van der Waals surface area contributed by atoms with E-state index in [1.807, 2.05) is 33.3 Å². The Morgan fingerprint density at radius 2 is 0.941 bits per heavy atom. The van der Waals surface area contributed by atoms with Crippen molar-refractivity contribution >= 4 is 19.7 Å². The molecule has 0 spiro atoms. The van der Waals surface area contributed by atoms with Crippen LogP contribution in [0.3, 0.4) is 0 Å². The minimum Gasteiger partial charge on any atom is -0.456 e. The number of phosphoric acid groups is 1. The van der Waals surface area contributed by atoms with Crippen LogP contribution in [0.25, 0.3) is 0 Å². The summed E-state index contributed by atoms with van der Waals surface area (Å²) in [5, 5.41) is 3.04. The van der Waals surface area contributed by atoms with Gasteiger partial charge in [-0.25, -0.2) is 4.57 Å². The van der Waals surface area contributed by atoms with E-state index >= 15 is 0 Å². The maximum Gasteiger partial charge on any atom is 0.472 e. The molecule has 0 aromatic heterocycles. The van der Waals surface area contributed by atoms with Crippen LogP contribution in [0.2, 0.25) is 0 Å². The van der Waals surface area contributed by atoms with E-state index in [9.17, 15) is 19.0 Å². The van der Waals surface area contributed by atoms with Gasteiger partial charge in [-0.15, -0.1) is 0 Å². The number of carbonyl (C=O) groups is 2. The lowest BCUT2D eigenvalue weighted by atomic mass is 10.0. The van der Waals surface area contributed by atoms with Crippen LogP contribution in [0, 0.1) is 0 Å². The van der Waals surface area contributed by atoms with E-state index in [4.69, 9.17) is 13.8 Å². The predicted octanol–water partition coefficient (Wildman–Crippen LogP) is 16.9. The zero-order chi connectivity index (χ0) is 50.1. The van der Waals surface area contributed by atoms with Crippen molar-refractivity contribution in [3.05, 3.63) is 48.6 Å². The Morgan fingerprint density at radius 1 is 0.529 bits per heavy atom. The zero-order valence-electron chi connectivity index (χ0n) is 45.3. The first-order valence-corrected chi connectivity index (χ1v) is 30.0. The number of amides is 1. The lowest BCUT2D eigenvalue weighted by Crippen LogP contribution is -2.47. The Balaban J connectivity index is 5.40. The van der Waals surface area contributed by atoms with E-state index in [2.05, 4.69) is 62.5 Å². The third-order valence-electron chi connectivity index (χ3n) is 12.5. The number of unbranched alkanes of at least 4 members (excludes halogenated alkanes) is 29. The molecule has 10 heteroatoms. The minimum atomic E-state index is -4.45. The van der Waals surface area contributed by atoms with E-state index in [-0.39, 0.29) is 31.5 Å². The van der Waals surface area contributed by atoms with E-state index < -0.39 is 20.0 Å². The van der Waals surface area contributed by atoms with Gasteiger partial charge in [-0.2, -0.15) is 0 Å². The highest BCUT2D eigenvalue weighted by Crippen LogP contribution is 2.43. The molecule has 2 N–H and O–H groups in total. The van der Waals surface area contributed by atoms with E-state index in [0.29, 0.717) is 23.9 Å². The van der Waals surface area contributed by atoms with Crippen LogP contribution in [0.15, 0.2) is 48.6 Å². The van der Waals surface area contributed by atoms with Crippen LogP contribution < -0.4 is 5.32 Å². The molecule has 0 aliphatic heterocycles. The van der Waals surface area contributed by atoms with Gasteiger partial charge in [0.2, 0.25) is 5.91 Å². The van der Waals surface area contributed by atoms with Gasteiger partial charge in [0.1, 0.15) is 19.3 Å². The molecule has 0 radical (unpaired) electrons. The predicted molar refractivity (Wildman–Crippen MR) is 291 cm³/mol. The molecule has 0 heterocycles. The van der Waals surface area contributed by atoms with Crippen molar-refractivity contribution in [2.24, 2.45) is 0 Å². The van der Waals surface area contributed by atoms with Crippen LogP contribution >= 0.6 is 7.82 Å². The second-order valence-corrected chi connectivity index (χ2v) is 21.9. The summed E-state index contributed by atoms with van der Waals surface area (Å²) in [5.41, 5.74) is 0. The second-order valence-electron chi connectivity index (χ2n) is 20.4. The van der Waals surface area contributed by atoms with Crippen LogP contribution in [0.1, 0.15) is 258 Å². The largest absolute Gasteiger partial charge is 0.472 e. The van der Waals surface area contributed by atoms with Crippen molar-refractivity contribution in [2.75, 3.05) is 40.9 Å². The Bertz CT molecular complexity index is 1310. The summed E-state index contributed by atoms with van der Waals surface area (Å²) in [5.74, 6) is -0.524. The highest BCUT2D eigenvalue weighted by Gasteiger charge is 2.30. The average Bonchev–Trinajstić information content (AvgIpc) is 3.29. The molecular formula is C58H110N2O7P+. The van der Waals surface area contributed by atoms with Gasteiger partial charge in [0.15, 0.2) is 0 Å². The SMILES string of the molecule is CC/C=C/C/C=C/C/C=C/CCCCCCC(=O)OC(/C=C/CCCCCCCCCCCCC)C(COP(=O)(O)OCC[N+](C)(C)C)NC(=O)CCCCCCCCCCCCCCCCC. The number of esters is 1. The van der Waals surface area contributed by atoms with Crippen LogP contribution in [-0.4, -0.2) is 74.3 Å². The van der Waals surface area contributed by atoms with Gasteiger partial charge in [0.05, 0.1) is 33.8 Å². The standard InChI is InChI=1S/C58H109N2O7P/c1-7-10-13-16-19-22-25-28-30-32-35-38-41-44-47-50-57(61)59-55(54-66-68(63,64)65-53-52-60(4,5)6)56(49-46-43-40-37-34-31-27-24-21-18-15-12-9-3)67-58(62)51-48-45-42-39-36-33-29-26-23-20-17-14-11-8-2/h11,14,20,23,29,33,46,49,55-56H,7-10,12-13,15-19,21-22,24-28,30-32,34-45,47-48,50-54H2,1-6H3,(H-,59,61,63,64)/p+1/b14-11+,23-20+,33-29+,49-46+. The summed E-state index contributed by atoms with van der Waals surface area (Å²) in [6.45, 7) is 6.90. The summed E-state index contributed by atoms with van der Waals surface area (Å²) < 4.78 is 30.6. The molecule has 0 bridgehead atoms. The molecule has 0 fully saturated rings. The normalized spacial score (nSPS) is 14.2. The van der Waals surface area contributed by atoms with E-state index in [0.717, 1.165) is 83.5 Å². The molecule has 0 aliphatic carbocycles. The fourth-order valence-corrected chi connectivity index (χ4v) is 8.87. The monoisotopic (exact) mass is 978 g/mol. The first-order chi connectivity index (χ1) is 32.9. The molecule has 0 saturated carbocycles. The molecule has 9 nitrogen and oxygen atoms in total. The smallest absolute Gasteiger partial charge is 0.456 e. The van der Waals surface area contributed by atoms with Gasteiger partial charge in [-0.1, -0.05) is 230 Å². The average molecular weight is 978 g/mol. The minimum absolute atomic E-state index is 0.0373. The van der Waals surface area contributed by atoms with E-state index in [1.165, 1.54) is 135 Å². The van der Waals surface area contributed by atoms with Crippen LogP contribution in [-0.2, 0) is 27.9 Å². The Labute approximate surface area is 420 Å². The summed E-state index contributed by atoms with van der Waals surface area (Å²) in [7, 11) is 1.49. The number of hydrogen-bond acceptors (Lipinski definition) is 6. The molecule has 0 aliphatic rings. The molecular weight excluding hydrogens is 868 g/mol. The second kappa shape index (κ2) is 48.6. The third kappa shape index (κ3) is 49.0. The summed E-state index contributed by atoms with van der Waals surface area (Å²) in [6.07, 6.45) is 58.1. The van der Waals surface area contributed by atoms with Gasteiger partial charge >= 0.3 is 13.8 Å². The van der Waals surface area contributed by atoms with Crippen LogP contribution in [0.4, 0.5) is 0 Å². The highest BCUT2D eigenvalue weighted by atomic mass is 31.2. The number of phosphoric ester groups is 1. The fraction of sp³-hybridized carbons (Fsp3) is 0.828. The molecule has 0 rings (SSSR count). The number of likely N-dealkylation sites (N-methyl/N-ethyl adjacent to an activating group) is 1. The molecule has 0 saturated heterocycles. The summed E-state index contributed by atoms with van der Waals surface area (Å²) in [6, 6.07) is -0.853. The molecule has 3 unspecified atom stereocenters. The lowest BCUT2D eigenvalue weighted by molar-refractivity contribution is -0.870. The first-order valence-electron chi connectivity index (χ1n) is 28.5. The number of ether oxygens (including phenoxy) is 1. The van der Waals surface area contributed by atoms with Gasteiger partial charge in [-0.3, -0.25) is 18.6 Å². The molecule has 1 amide bonds. The van der Waals surface area contributed by atoms with Crippen LogP contribution in [0.5, 0.6) is 0 Å². The summed E-state index contributed by atoms with van der Waals surface area (Å²) in [4.78, 5) is 37.5. The fourth-order valence-electron chi connectivity index (χ4n) is 8.13. The third-order valence-corrected chi connectivity index (χ3v) is 13.5. The van der Waals surface area contributed by atoms with Crippen molar-refractivity contribution < 1.29 is 37.3 Å². The van der Waals surface area contributed by atoms with Crippen molar-refractivity contribution in [3.63, 3.8) is 0 Å². The van der Waals surface area contributed by atoms with Gasteiger partial charge < -0.3 is 19.4 Å². The van der Waals surface area contributed by atoms with Crippen molar-refractivity contribution in [1.82, 2.24) is 5.32 Å². The molecule has 3 atom stereocenters. The van der Waals surface area contributed by atoms with Gasteiger partial charge in [0.25, 0.3) is 0 Å². The Morgan fingerprint density at radius 3 is 1.41 bits per heavy atom. The zero-order valence-corrected chi connectivity index (χ0v) is 46.2. The Hall–Kier alpha value is -2.03. The van der Waals surface area contributed by atoms with Gasteiger partial charge in [-0.05, 0) is 63.9 Å². The quantitative estimate of drug-likeness (QED) is 0.0205. The molecule has 0 aromatic carbocycles. The number of nitrogens with one attached hydrogen (secondary N) is 1. The van der Waals surface area contributed by atoms with Crippen molar-refractivity contribution in [1.29, 1.82) is 0 Å². The van der Waals surface area contributed by atoms with E-state index in [1.54, 1.807) is 0 Å². The summed E-state index contributed by atoms with van der Waals surface area (Å²) >= 11 is 0. The topological polar surface area (TPSA) is 111 Å². The maximum atomic E-state index is 13.5. The first kappa shape index (κ1) is 66.0. The highest BCUT2D eigenvalue weighted by molar-refractivity contribution is 7.47. The van der Waals surface area contributed by atoms with Gasteiger partial charge in [0, 0.05) is 12.8 Å². The number of rotatable bonds is 51. The Kier molecular flexibility index (Phi) is 47.1. The number of hydrogen-bond donors (Lipinski definition) is 2. The maximum absolute atomic E-state index is 13.5. The molecule has 0 aromatic rings. The number of nitrogens with zero attached hydrogens (tertiary/aromatic N) is 1. The van der Waals surface area contributed by atoms with Crippen molar-refractivity contribution in [2.45, 2.75) is 270 Å². The van der Waals surface area contributed by atoms with Crippen molar-refractivity contribution in [3.8, 4) is 0 Å².